The molecular formula is C13H10ClNO3. The number of carbonyl (C=O) groups is 1. The number of rotatable bonds is 3. The summed E-state index contributed by atoms with van der Waals surface area (Å²) in [5.41, 5.74) is 0.956. The quantitative estimate of drug-likeness (QED) is 0.920. The first-order valence-electron chi connectivity index (χ1n) is 5.20. The van der Waals surface area contributed by atoms with Crippen molar-refractivity contribution in [3.63, 3.8) is 0 Å². The van der Waals surface area contributed by atoms with Gasteiger partial charge in [0.25, 0.3) is 0 Å². The molecule has 0 bridgehead atoms. The van der Waals surface area contributed by atoms with E-state index in [-0.39, 0.29) is 11.4 Å². The zero-order valence-corrected chi connectivity index (χ0v) is 10.3. The first-order chi connectivity index (χ1) is 8.58. The van der Waals surface area contributed by atoms with E-state index in [9.17, 15) is 4.79 Å². The number of ether oxygens (including phenoxy) is 1. The van der Waals surface area contributed by atoms with Crippen LogP contribution in [0.5, 0.6) is 11.6 Å². The van der Waals surface area contributed by atoms with Gasteiger partial charge in [0.15, 0.2) is 0 Å². The molecule has 1 aromatic carbocycles. The van der Waals surface area contributed by atoms with Gasteiger partial charge in [-0.3, -0.25) is 0 Å². The molecule has 0 fully saturated rings. The highest BCUT2D eigenvalue weighted by atomic mass is 35.5. The Kier molecular flexibility index (Phi) is 3.48. The van der Waals surface area contributed by atoms with E-state index in [1.165, 1.54) is 18.3 Å². The van der Waals surface area contributed by atoms with Gasteiger partial charge in [-0.15, -0.1) is 0 Å². The summed E-state index contributed by atoms with van der Waals surface area (Å²) in [5.74, 6) is -0.683. The largest absolute Gasteiger partial charge is 0.477 e. The number of carboxylic acid groups (broad SMARTS) is 1. The first kappa shape index (κ1) is 12.4. The Bertz CT molecular complexity index is 599. The predicted octanol–water partition coefficient (Wildman–Crippen LogP) is 3.53. The molecule has 0 saturated heterocycles. The first-order valence-corrected chi connectivity index (χ1v) is 5.58. The molecule has 0 spiro atoms. The van der Waals surface area contributed by atoms with Gasteiger partial charge in [-0.1, -0.05) is 17.7 Å². The van der Waals surface area contributed by atoms with Gasteiger partial charge in [0.2, 0.25) is 5.88 Å². The van der Waals surface area contributed by atoms with E-state index in [0.717, 1.165) is 5.56 Å². The number of aryl methyl sites for hydroxylation is 1. The molecule has 5 heteroatoms. The van der Waals surface area contributed by atoms with Gasteiger partial charge < -0.3 is 9.84 Å². The molecule has 0 radical (unpaired) electrons. The number of benzene rings is 1. The number of hydrogen-bond acceptors (Lipinski definition) is 3. The average molecular weight is 264 g/mol. The Morgan fingerprint density at radius 1 is 1.39 bits per heavy atom. The number of halogens is 1. The van der Waals surface area contributed by atoms with Crippen LogP contribution in [-0.4, -0.2) is 16.1 Å². The number of carboxylic acids is 1. The fraction of sp³-hybridized carbons (Fsp3) is 0.0769. The van der Waals surface area contributed by atoms with Crippen molar-refractivity contribution in [2.75, 3.05) is 0 Å². The molecule has 1 N–H and O–H groups in total. The number of hydrogen-bond donors (Lipinski definition) is 1. The molecule has 0 saturated carbocycles. The number of pyridine rings is 1. The molecule has 18 heavy (non-hydrogen) atoms. The van der Waals surface area contributed by atoms with E-state index < -0.39 is 5.97 Å². The smallest absolute Gasteiger partial charge is 0.341 e. The van der Waals surface area contributed by atoms with Crippen LogP contribution in [0, 0.1) is 6.92 Å². The standard InChI is InChI=1S/C13H10ClNO3/c1-8-4-5-10(14)11(7-8)18-12-9(13(16)17)3-2-6-15-12/h2-7H,1H3,(H,16,17). The second kappa shape index (κ2) is 5.06. The second-order valence-electron chi connectivity index (χ2n) is 3.70. The van der Waals surface area contributed by atoms with Gasteiger partial charge in [-0.25, -0.2) is 9.78 Å². The lowest BCUT2D eigenvalue weighted by molar-refractivity contribution is 0.0693. The van der Waals surface area contributed by atoms with Crippen LogP contribution in [0.3, 0.4) is 0 Å². The molecule has 0 aliphatic rings. The van der Waals surface area contributed by atoms with Crippen molar-refractivity contribution in [2.45, 2.75) is 6.92 Å². The van der Waals surface area contributed by atoms with Crippen LogP contribution in [0.15, 0.2) is 36.5 Å². The minimum absolute atomic E-state index is 0.00456. The van der Waals surface area contributed by atoms with Crippen LogP contribution in [0.4, 0.5) is 0 Å². The van der Waals surface area contributed by atoms with Crippen molar-refractivity contribution in [3.05, 3.63) is 52.7 Å². The Morgan fingerprint density at radius 2 is 2.17 bits per heavy atom. The molecule has 2 rings (SSSR count). The van der Waals surface area contributed by atoms with Gasteiger partial charge in [0.1, 0.15) is 11.3 Å². The van der Waals surface area contributed by atoms with E-state index in [0.29, 0.717) is 10.8 Å². The molecule has 2 aromatic rings. The third-order valence-electron chi connectivity index (χ3n) is 2.29. The van der Waals surface area contributed by atoms with Crippen molar-refractivity contribution in [3.8, 4) is 11.6 Å². The summed E-state index contributed by atoms with van der Waals surface area (Å²) in [5, 5.41) is 9.42. The fourth-order valence-electron chi connectivity index (χ4n) is 1.43. The molecule has 92 valence electrons. The summed E-state index contributed by atoms with van der Waals surface area (Å²) < 4.78 is 5.46. The molecular weight excluding hydrogens is 254 g/mol. The Balaban J connectivity index is 2.40. The van der Waals surface area contributed by atoms with Crippen molar-refractivity contribution in [1.82, 2.24) is 4.98 Å². The lowest BCUT2D eigenvalue weighted by Gasteiger charge is -2.09. The van der Waals surface area contributed by atoms with Crippen molar-refractivity contribution in [2.24, 2.45) is 0 Å². The average Bonchev–Trinajstić information content (AvgIpc) is 2.34. The van der Waals surface area contributed by atoms with E-state index in [1.807, 2.05) is 13.0 Å². The summed E-state index contributed by atoms with van der Waals surface area (Å²) in [6.45, 7) is 1.89. The van der Waals surface area contributed by atoms with Crippen molar-refractivity contribution >= 4 is 17.6 Å². The monoisotopic (exact) mass is 263 g/mol. The SMILES string of the molecule is Cc1ccc(Cl)c(Oc2ncccc2C(=O)O)c1. The molecule has 1 aromatic heterocycles. The Hall–Kier alpha value is -2.07. The lowest BCUT2D eigenvalue weighted by Crippen LogP contribution is -2.01. The van der Waals surface area contributed by atoms with E-state index >= 15 is 0 Å². The summed E-state index contributed by atoms with van der Waals surface area (Å²) >= 11 is 5.98. The highest BCUT2D eigenvalue weighted by Crippen LogP contribution is 2.30. The van der Waals surface area contributed by atoms with Gasteiger partial charge >= 0.3 is 5.97 Å². The highest BCUT2D eigenvalue weighted by molar-refractivity contribution is 6.32. The van der Waals surface area contributed by atoms with Crippen LogP contribution >= 0.6 is 11.6 Å². The summed E-state index contributed by atoms with van der Waals surface area (Å²) in [4.78, 5) is 14.9. The predicted molar refractivity (Wildman–Crippen MR) is 67.5 cm³/mol. The topological polar surface area (TPSA) is 59.4 Å². The van der Waals surface area contributed by atoms with Crippen molar-refractivity contribution < 1.29 is 14.6 Å². The zero-order chi connectivity index (χ0) is 13.1. The van der Waals surface area contributed by atoms with E-state index in [4.69, 9.17) is 21.4 Å². The number of aromatic nitrogens is 1. The molecule has 0 aliphatic heterocycles. The van der Waals surface area contributed by atoms with Crippen LogP contribution in [0.1, 0.15) is 15.9 Å². The Labute approximate surface area is 109 Å². The van der Waals surface area contributed by atoms with Crippen LogP contribution in [0.2, 0.25) is 5.02 Å². The number of nitrogens with zero attached hydrogens (tertiary/aromatic N) is 1. The maximum absolute atomic E-state index is 11.0. The van der Waals surface area contributed by atoms with Crippen molar-refractivity contribution in [1.29, 1.82) is 0 Å². The molecule has 1 heterocycles. The summed E-state index contributed by atoms with van der Waals surface area (Å²) in [6, 6.07) is 8.21. The second-order valence-corrected chi connectivity index (χ2v) is 4.10. The lowest BCUT2D eigenvalue weighted by atomic mass is 10.2. The minimum Gasteiger partial charge on any atom is -0.477 e. The molecule has 0 atom stereocenters. The van der Waals surface area contributed by atoms with Gasteiger partial charge in [0, 0.05) is 6.20 Å². The molecule has 0 aliphatic carbocycles. The highest BCUT2D eigenvalue weighted by Gasteiger charge is 2.14. The fourth-order valence-corrected chi connectivity index (χ4v) is 1.58. The maximum atomic E-state index is 11.0. The van der Waals surface area contributed by atoms with Gasteiger partial charge in [-0.05, 0) is 36.8 Å². The minimum atomic E-state index is -1.10. The maximum Gasteiger partial charge on any atom is 0.341 e. The third kappa shape index (κ3) is 2.60. The molecule has 0 unspecified atom stereocenters. The summed E-state index contributed by atoms with van der Waals surface area (Å²) in [7, 11) is 0. The molecule has 0 amide bonds. The van der Waals surface area contributed by atoms with E-state index in [2.05, 4.69) is 4.98 Å². The third-order valence-corrected chi connectivity index (χ3v) is 2.61. The van der Waals surface area contributed by atoms with Crippen LogP contribution < -0.4 is 4.74 Å². The molecule has 4 nitrogen and oxygen atoms in total. The van der Waals surface area contributed by atoms with Gasteiger partial charge in [0.05, 0.1) is 5.02 Å². The van der Waals surface area contributed by atoms with Crippen LogP contribution in [-0.2, 0) is 0 Å². The van der Waals surface area contributed by atoms with E-state index in [1.54, 1.807) is 12.1 Å². The van der Waals surface area contributed by atoms with Gasteiger partial charge in [-0.2, -0.15) is 0 Å². The van der Waals surface area contributed by atoms with Crippen LogP contribution in [0.25, 0.3) is 0 Å². The Morgan fingerprint density at radius 3 is 2.89 bits per heavy atom. The zero-order valence-electron chi connectivity index (χ0n) is 9.55. The normalized spacial score (nSPS) is 10.1. The number of aromatic carboxylic acids is 1. The summed E-state index contributed by atoms with van der Waals surface area (Å²) in [6.07, 6.45) is 1.46.